The van der Waals surface area contributed by atoms with Crippen LogP contribution in [-0.2, 0) is 47.9 Å². The molecule has 0 fully saturated rings. The number of rotatable bonds is 12. The zero-order valence-corrected chi connectivity index (χ0v) is 37.0. The molecule has 0 spiro atoms. The number of fused-ring (bicyclic) bond motifs is 2. The Morgan fingerprint density at radius 3 is 1.19 bits per heavy atom. The molecular formula is C52H66Zr. The van der Waals surface area contributed by atoms with Crippen LogP contribution in [-0.4, -0.2) is 3.71 Å². The third-order valence-electron chi connectivity index (χ3n) is 10.4. The number of benzene rings is 4. The molecule has 1 heteroatoms. The molecule has 0 bridgehead atoms. The normalized spacial score (nSPS) is 11.6. The van der Waals surface area contributed by atoms with Gasteiger partial charge in [0.1, 0.15) is 0 Å². The number of hydrogen-bond donors (Lipinski definition) is 0. The fourth-order valence-corrected chi connectivity index (χ4v) is 7.20. The Labute approximate surface area is 338 Å². The van der Waals surface area contributed by atoms with E-state index in [1.165, 1.54) is 154 Å². The molecular weight excluding hydrogens is 716 g/mol. The van der Waals surface area contributed by atoms with E-state index in [4.69, 9.17) is 0 Å². The molecule has 0 heterocycles. The standard InChI is InChI=1S/2C25H31.C2H4.Zr/c2*1-5-6-7-8-10-19-17-21-11-9-12-23(24(21)18-19)20-13-15-22(16-14-20)25(2,3)4;1-2;/h2*9,11-18H,5-8,10H2,1-4H3;1H,2H3;/q2*-1;;+2. The molecule has 0 unspecified atom stereocenters. The van der Waals surface area contributed by atoms with Crippen LogP contribution in [0.3, 0.4) is 0 Å². The van der Waals surface area contributed by atoms with Crippen molar-refractivity contribution in [3.05, 3.63) is 131 Å². The van der Waals surface area contributed by atoms with Crippen LogP contribution < -0.4 is 0 Å². The molecule has 0 aliphatic rings. The Morgan fingerprint density at radius 1 is 0.509 bits per heavy atom. The van der Waals surface area contributed by atoms with Crippen molar-refractivity contribution in [1.82, 2.24) is 0 Å². The molecule has 0 saturated heterocycles. The molecule has 53 heavy (non-hydrogen) atoms. The van der Waals surface area contributed by atoms with Crippen LogP contribution >= 0.6 is 0 Å². The van der Waals surface area contributed by atoms with Crippen LogP contribution in [0.5, 0.6) is 0 Å². The van der Waals surface area contributed by atoms with E-state index in [0.29, 0.717) is 0 Å². The summed E-state index contributed by atoms with van der Waals surface area (Å²) in [5.74, 6) is 0. The SMILES string of the molecule is CCCCCCc1cc2c(-c3ccc(C(C)(C)C)cc3)cccc2[cH-]1.CCCCCCc1cc2c(-c3ccc(C(C)(C)C)cc3)cccc2[cH-]1.C[CH]=[Zr+2]. The number of unbranched alkanes of at least 4 members (excludes halogenated alkanes) is 6. The van der Waals surface area contributed by atoms with E-state index in [9.17, 15) is 0 Å². The van der Waals surface area contributed by atoms with E-state index >= 15 is 0 Å². The van der Waals surface area contributed by atoms with Crippen molar-refractivity contribution >= 4 is 25.3 Å². The van der Waals surface area contributed by atoms with Gasteiger partial charge in [-0.25, -0.2) is 0 Å². The maximum absolute atomic E-state index is 2.41. The average molecular weight is 782 g/mol. The fraction of sp³-hybridized carbons (Fsp3) is 0.404. The van der Waals surface area contributed by atoms with Gasteiger partial charge in [-0.1, -0.05) is 179 Å². The summed E-state index contributed by atoms with van der Waals surface area (Å²) in [5, 5.41) is 5.55. The van der Waals surface area contributed by atoms with Gasteiger partial charge in [0.05, 0.1) is 0 Å². The van der Waals surface area contributed by atoms with Crippen molar-refractivity contribution in [2.75, 3.05) is 0 Å². The Balaban J connectivity index is 0.000000220. The summed E-state index contributed by atoms with van der Waals surface area (Å²) in [7, 11) is 0. The van der Waals surface area contributed by atoms with Crippen molar-refractivity contribution in [2.24, 2.45) is 0 Å². The van der Waals surface area contributed by atoms with E-state index in [-0.39, 0.29) is 10.8 Å². The zero-order chi connectivity index (χ0) is 38.4. The summed E-state index contributed by atoms with van der Waals surface area (Å²) in [6.07, 6.45) is 13.0. The summed E-state index contributed by atoms with van der Waals surface area (Å²) >= 11 is 1.51. The summed E-state index contributed by atoms with van der Waals surface area (Å²) in [6, 6.07) is 41.2. The summed E-state index contributed by atoms with van der Waals surface area (Å²) in [5.41, 5.74) is 11.5. The molecule has 6 rings (SSSR count). The molecule has 0 saturated carbocycles. The predicted molar refractivity (Wildman–Crippen MR) is 235 cm³/mol. The second-order valence-electron chi connectivity index (χ2n) is 16.9. The molecule has 0 atom stereocenters. The minimum atomic E-state index is 0.205. The van der Waals surface area contributed by atoms with Gasteiger partial charge < -0.3 is 0 Å². The monoisotopic (exact) mass is 780 g/mol. The Kier molecular flexibility index (Phi) is 16.5. The van der Waals surface area contributed by atoms with Gasteiger partial charge in [0.15, 0.2) is 0 Å². The summed E-state index contributed by atoms with van der Waals surface area (Å²) in [6.45, 7) is 20.2. The first-order valence-electron chi connectivity index (χ1n) is 20.4. The third kappa shape index (κ3) is 12.4. The first-order chi connectivity index (χ1) is 25.4. The van der Waals surface area contributed by atoms with Gasteiger partial charge >= 0.3 is 34.9 Å². The van der Waals surface area contributed by atoms with Crippen LogP contribution in [0.15, 0.2) is 109 Å². The Bertz CT molecular complexity index is 1820. The van der Waals surface area contributed by atoms with Gasteiger partial charge in [-0.15, -0.1) is 69.1 Å². The molecule has 0 N–H and O–H groups in total. The summed E-state index contributed by atoms with van der Waals surface area (Å²) < 4.78 is 2.09. The van der Waals surface area contributed by atoms with E-state index in [0.717, 1.165) is 0 Å². The van der Waals surface area contributed by atoms with E-state index in [1.54, 1.807) is 0 Å². The van der Waals surface area contributed by atoms with E-state index in [2.05, 4.69) is 168 Å². The molecule has 0 aromatic heterocycles. The van der Waals surface area contributed by atoms with Crippen molar-refractivity contribution < 1.29 is 24.2 Å². The van der Waals surface area contributed by atoms with Gasteiger partial charge in [0.2, 0.25) is 0 Å². The van der Waals surface area contributed by atoms with Gasteiger partial charge in [0, 0.05) is 0 Å². The van der Waals surface area contributed by atoms with E-state index < -0.39 is 0 Å². The topological polar surface area (TPSA) is 0 Å². The molecule has 6 aromatic rings. The Morgan fingerprint density at radius 2 is 0.868 bits per heavy atom. The molecule has 0 amide bonds. The van der Waals surface area contributed by atoms with Crippen molar-refractivity contribution in [2.45, 2.75) is 137 Å². The Hall–Kier alpha value is -3.15. The molecule has 0 aliphatic heterocycles. The summed E-state index contributed by atoms with van der Waals surface area (Å²) in [4.78, 5) is 0. The molecule has 278 valence electrons. The molecule has 0 radical (unpaired) electrons. The molecule has 0 aliphatic carbocycles. The quantitative estimate of drug-likeness (QED) is 0.0857. The van der Waals surface area contributed by atoms with Gasteiger partial charge in [-0.3, -0.25) is 0 Å². The van der Waals surface area contributed by atoms with E-state index in [1.807, 2.05) is 6.92 Å². The first-order valence-corrected chi connectivity index (χ1v) is 21.8. The van der Waals surface area contributed by atoms with Crippen LogP contribution in [0.2, 0.25) is 0 Å². The number of hydrogen-bond acceptors (Lipinski definition) is 0. The van der Waals surface area contributed by atoms with Crippen LogP contribution in [0.1, 0.15) is 136 Å². The molecule has 0 nitrogen and oxygen atoms in total. The minimum absolute atomic E-state index is 0.205. The van der Waals surface area contributed by atoms with Gasteiger partial charge in [-0.2, -0.15) is 12.1 Å². The zero-order valence-electron chi connectivity index (χ0n) is 34.5. The van der Waals surface area contributed by atoms with Crippen molar-refractivity contribution in [3.8, 4) is 22.3 Å². The van der Waals surface area contributed by atoms with Crippen molar-refractivity contribution in [1.29, 1.82) is 0 Å². The molecule has 6 aromatic carbocycles. The van der Waals surface area contributed by atoms with Crippen LogP contribution in [0.25, 0.3) is 43.8 Å². The van der Waals surface area contributed by atoms with Crippen LogP contribution in [0.4, 0.5) is 0 Å². The predicted octanol–water partition coefficient (Wildman–Crippen LogP) is 15.6. The third-order valence-corrected chi connectivity index (χ3v) is 10.4. The average Bonchev–Trinajstić information content (AvgIpc) is 3.76. The van der Waals surface area contributed by atoms with Gasteiger partial charge in [-0.05, 0) is 45.9 Å². The second kappa shape index (κ2) is 20.5. The van der Waals surface area contributed by atoms with Crippen LogP contribution in [0, 0.1) is 0 Å². The number of aryl methyl sites for hydroxylation is 2. The second-order valence-corrected chi connectivity index (χ2v) is 18.3. The van der Waals surface area contributed by atoms with Gasteiger partial charge in [0.25, 0.3) is 0 Å². The van der Waals surface area contributed by atoms with Crippen molar-refractivity contribution in [3.63, 3.8) is 0 Å². The fourth-order valence-electron chi connectivity index (χ4n) is 7.20. The maximum atomic E-state index is 2.41. The first kappa shape index (κ1) is 42.6.